The van der Waals surface area contributed by atoms with Gasteiger partial charge in [0.1, 0.15) is 12.1 Å². The maximum atomic E-state index is 11.8. The van der Waals surface area contributed by atoms with E-state index < -0.39 is 28.5 Å². The SMILES string of the molecule is CC(C)(C)NC(=O)[C@@H](N)[C@H](O)c1ccc([N+](=O)[O-])cc1. The highest BCUT2D eigenvalue weighted by Gasteiger charge is 2.27. The highest BCUT2D eigenvalue weighted by molar-refractivity contribution is 5.83. The molecule has 4 N–H and O–H groups in total. The summed E-state index contributed by atoms with van der Waals surface area (Å²) in [6, 6.07) is 4.13. The second kappa shape index (κ2) is 5.98. The van der Waals surface area contributed by atoms with Crippen molar-refractivity contribution in [3.8, 4) is 0 Å². The Morgan fingerprint density at radius 1 is 1.35 bits per heavy atom. The predicted octanol–water partition coefficient (Wildman–Crippen LogP) is 0.870. The van der Waals surface area contributed by atoms with Crippen LogP contribution in [0.2, 0.25) is 0 Å². The molecule has 0 aliphatic rings. The molecule has 0 saturated heterocycles. The molecule has 0 aromatic heterocycles. The Bertz CT molecular complexity index is 493. The first-order valence-electron chi connectivity index (χ1n) is 6.12. The van der Waals surface area contributed by atoms with E-state index in [2.05, 4.69) is 5.32 Å². The molecule has 110 valence electrons. The summed E-state index contributed by atoms with van der Waals surface area (Å²) >= 11 is 0. The van der Waals surface area contributed by atoms with Gasteiger partial charge in [0.15, 0.2) is 0 Å². The van der Waals surface area contributed by atoms with Gasteiger partial charge in [-0.25, -0.2) is 0 Å². The van der Waals surface area contributed by atoms with Crippen molar-refractivity contribution < 1.29 is 14.8 Å². The highest BCUT2D eigenvalue weighted by atomic mass is 16.6. The van der Waals surface area contributed by atoms with Crippen LogP contribution in [-0.4, -0.2) is 27.5 Å². The molecule has 20 heavy (non-hydrogen) atoms. The molecule has 0 spiro atoms. The molecular weight excluding hydrogens is 262 g/mol. The van der Waals surface area contributed by atoms with Crippen molar-refractivity contribution in [2.24, 2.45) is 5.73 Å². The van der Waals surface area contributed by atoms with Crippen LogP contribution in [0.25, 0.3) is 0 Å². The number of carbonyl (C=O) groups excluding carboxylic acids is 1. The summed E-state index contributed by atoms with van der Waals surface area (Å²) in [5, 5.41) is 23.2. The number of carbonyl (C=O) groups is 1. The normalized spacial score (nSPS) is 14.4. The number of hydrogen-bond acceptors (Lipinski definition) is 5. The van der Waals surface area contributed by atoms with Crippen LogP contribution in [0.5, 0.6) is 0 Å². The summed E-state index contributed by atoms with van der Waals surface area (Å²) in [6.07, 6.45) is -1.22. The Balaban J connectivity index is 2.80. The van der Waals surface area contributed by atoms with Crippen LogP contribution in [0.1, 0.15) is 32.4 Å². The van der Waals surface area contributed by atoms with E-state index >= 15 is 0 Å². The number of hydrogen-bond donors (Lipinski definition) is 3. The minimum Gasteiger partial charge on any atom is -0.386 e. The molecule has 0 radical (unpaired) electrons. The minimum absolute atomic E-state index is 0.0892. The largest absolute Gasteiger partial charge is 0.386 e. The van der Waals surface area contributed by atoms with Crippen molar-refractivity contribution in [1.82, 2.24) is 5.32 Å². The van der Waals surface area contributed by atoms with Gasteiger partial charge in [0, 0.05) is 17.7 Å². The zero-order valence-corrected chi connectivity index (χ0v) is 11.7. The maximum absolute atomic E-state index is 11.8. The van der Waals surface area contributed by atoms with E-state index in [0.29, 0.717) is 5.56 Å². The van der Waals surface area contributed by atoms with E-state index in [1.54, 1.807) is 20.8 Å². The molecule has 2 atom stereocenters. The van der Waals surface area contributed by atoms with E-state index in [9.17, 15) is 20.0 Å². The van der Waals surface area contributed by atoms with E-state index in [0.717, 1.165) is 0 Å². The molecule has 1 aromatic carbocycles. The number of nitrogens with one attached hydrogen (secondary N) is 1. The number of nitro benzene ring substituents is 1. The zero-order valence-electron chi connectivity index (χ0n) is 11.7. The first-order chi connectivity index (χ1) is 9.11. The minimum atomic E-state index is -1.22. The summed E-state index contributed by atoms with van der Waals surface area (Å²) < 4.78 is 0. The van der Waals surface area contributed by atoms with Gasteiger partial charge in [-0.2, -0.15) is 0 Å². The van der Waals surface area contributed by atoms with Crippen LogP contribution in [0.15, 0.2) is 24.3 Å². The van der Waals surface area contributed by atoms with Crippen molar-refractivity contribution in [2.75, 3.05) is 0 Å². The Hall–Kier alpha value is -1.99. The molecule has 7 heteroatoms. The standard InChI is InChI=1S/C13H19N3O4/c1-13(2,3)15-12(18)10(14)11(17)8-4-6-9(7-5-8)16(19)20/h4-7,10-11,17H,14H2,1-3H3,(H,15,18)/t10-,11+/m0/s1. The molecule has 0 saturated carbocycles. The molecular formula is C13H19N3O4. The monoisotopic (exact) mass is 281 g/mol. The Morgan fingerprint density at radius 2 is 1.85 bits per heavy atom. The second-order valence-corrected chi connectivity index (χ2v) is 5.56. The number of nitrogens with zero attached hydrogens (tertiary/aromatic N) is 1. The molecule has 1 amide bonds. The lowest BCUT2D eigenvalue weighted by molar-refractivity contribution is -0.384. The molecule has 0 bridgehead atoms. The van der Waals surface area contributed by atoms with Gasteiger partial charge in [-0.1, -0.05) is 0 Å². The van der Waals surface area contributed by atoms with E-state index in [-0.39, 0.29) is 5.69 Å². The maximum Gasteiger partial charge on any atom is 0.269 e. The van der Waals surface area contributed by atoms with Crippen LogP contribution in [0.4, 0.5) is 5.69 Å². The zero-order chi connectivity index (χ0) is 15.5. The third kappa shape index (κ3) is 4.29. The average molecular weight is 281 g/mol. The van der Waals surface area contributed by atoms with Crippen LogP contribution in [-0.2, 0) is 4.79 Å². The molecule has 0 fully saturated rings. The van der Waals surface area contributed by atoms with Crippen LogP contribution in [0.3, 0.4) is 0 Å². The first kappa shape index (κ1) is 16.1. The van der Waals surface area contributed by atoms with Crippen LogP contribution < -0.4 is 11.1 Å². The van der Waals surface area contributed by atoms with E-state index in [1.807, 2.05) is 0 Å². The van der Waals surface area contributed by atoms with Crippen molar-refractivity contribution in [3.63, 3.8) is 0 Å². The Labute approximate surface area is 116 Å². The molecule has 7 nitrogen and oxygen atoms in total. The third-order valence-corrected chi connectivity index (χ3v) is 2.59. The number of nitrogens with two attached hydrogens (primary N) is 1. The fraction of sp³-hybridized carbons (Fsp3) is 0.462. The van der Waals surface area contributed by atoms with Crippen molar-refractivity contribution in [2.45, 2.75) is 38.5 Å². The topological polar surface area (TPSA) is 118 Å². The van der Waals surface area contributed by atoms with Gasteiger partial charge in [0.05, 0.1) is 4.92 Å². The molecule has 0 heterocycles. The lowest BCUT2D eigenvalue weighted by Gasteiger charge is -2.25. The summed E-state index contributed by atoms with van der Waals surface area (Å²) in [6.45, 7) is 5.40. The first-order valence-corrected chi connectivity index (χ1v) is 6.12. The number of amides is 1. The predicted molar refractivity (Wildman–Crippen MR) is 73.9 cm³/mol. The number of aliphatic hydroxyl groups excluding tert-OH is 1. The van der Waals surface area contributed by atoms with Gasteiger partial charge in [-0.3, -0.25) is 14.9 Å². The van der Waals surface area contributed by atoms with Crippen LogP contribution >= 0.6 is 0 Å². The van der Waals surface area contributed by atoms with Gasteiger partial charge in [-0.05, 0) is 38.5 Å². The fourth-order valence-corrected chi connectivity index (χ4v) is 1.60. The second-order valence-electron chi connectivity index (χ2n) is 5.56. The quantitative estimate of drug-likeness (QED) is 0.559. The average Bonchev–Trinajstić information content (AvgIpc) is 2.35. The van der Waals surface area contributed by atoms with Gasteiger partial charge < -0.3 is 16.2 Å². The summed E-state index contributed by atoms with van der Waals surface area (Å²) in [4.78, 5) is 21.8. The number of benzene rings is 1. The number of aliphatic hydroxyl groups is 1. The van der Waals surface area contributed by atoms with Gasteiger partial charge in [0.25, 0.3) is 5.69 Å². The van der Waals surface area contributed by atoms with E-state index in [1.165, 1.54) is 24.3 Å². The molecule has 0 unspecified atom stereocenters. The summed E-state index contributed by atoms with van der Waals surface area (Å²) in [5.41, 5.74) is 5.51. The molecule has 1 aromatic rings. The number of rotatable bonds is 4. The van der Waals surface area contributed by atoms with Crippen molar-refractivity contribution >= 4 is 11.6 Å². The van der Waals surface area contributed by atoms with Crippen LogP contribution in [0, 0.1) is 10.1 Å². The van der Waals surface area contributed by atoms with Gasteiger partial charge in [-0.15, -0.1) is 0 Å². The summed E-state index contributed by atoms with van der Waals surface area (Å²) in [7, 11) is 0. The van der Waals surface area contributed by atoms with Crippen molar-refractivity contribution in [1.29, 1.82) is 0 Å². The number of non-ortho nitro benzene ring substituents is 1. The summed E-state index contributed by atoms with van der Waals surface area (Å²) in [5.74, 6) is -0.483. The Morgan fingerprint density at radius 3 is 2.25 bits per heavy atom. The number of nitro groups is 1. The van der Waals surface area contributed by atoms with E-state index in [4.69, 9.17) is 5.73 Å². The van der Waals surface area contributed by atoms with Gasteiger partial charge >= 0.3 is 0 Å². The third-order valence-electron chi connectivity index (χ3n) is 2.59. The van der Waals surface area contributed by atoms with Crippen molar-refractivity contribution in [3.05, 3.63) is 39.9 Å². The molecule has 0 aliphatic heterocycles. The van der Waals surface area contributed by atoms with Gasteiger partial charge in [0.2, 0.25) is 5.91 Å². The highest BCUT2D eigenvalue weighted by Crippen LogP contribution is 2.20. The Kier molecular flexibility index (Phi) is 4.80. The lowest BCUT2D eigenvalue weighted by atomic mass is 10.0. The fourth-order valence-electron chi connectivity index (χ4n) is 1.60. The smallest absolute Gasteiger partial charge is 0.269 e. The molecule has 1 rings (SSSR count). The molecule has 0 aliphatic carbocycles. The lowest BCUT2D eigenvalue weighted by Crippen LogP contribution is -2.51.